The molecule has 2 atom stereocenters. The number of hydrogen-bond acceptors (Lipinski definition) is 4. The highest BCUT2D eigenvalue weighted by molar-refractivity contribution is 6.31. The van der Waals surface area contributed by atoms with Gasteiger partial charge in [0, 0.05) is 55.5 Å². The van der Waals surface area contributed by atoms with Gasteiger partial charge >= 0.3 is 0 Å². The Morgan fingerprint density at radius 2 is 1.70 bits per heavy atom. The van der Waals surface area contributed by atoms with Crippen LogP contribution in [0.4, 0.5) is 5.69 Å². The van der Waals surface area contributed by atoms with Crippen LogP contribution >= 0.6 is 11.6 Å². The highest BCUT2D eigenvalue weighted by Crippen LogP contribution is 2.33. The molecule has 0 N–H and O–H groups in total. The summed E-state index contributed by atoms with van der Waals surface area (Å²) in [5.74, 6) is 1.57. The monoisotopic (exact) mass is 522 g/mol. The fourth-order valence-electron chi connectivity index (χ4n) is 6.58. The van der Waals surface area contributed by atoms with E-state index in [1.54, 1.807) is 6.20 Å². The van der Waals surface area contributed by atoms with Gasteiger partial charge in [-0.2, -0.15) is 0 Å². The van der Waals surface area contributed by atoms with Gasteiger partial charge in [-0.15, -0.1) is 0 Å². The third kappa shape index (κ3) is 5.56. The maximum absolute atomic E-state index is 13.4. The van der Waals surface area contributed by atoms with Gasteiger partial charge in [0.15, 0.2) is 0 Å². The second-order valence-corrected chi connectivity index (χ2v) is 11.7. The van der Waals surface area contributed by atoms with Gasteiger partial charge in [-0.1, -0.05) is 30.5 Å². The number of anilines is 1. The first-order valence-electron chi connectivity index (χ1n) is 13.8. The van der Waals surface area contributed by atoms with Crippen molar-refractivity contribution in [1.82, 2.24) is 14.8 Å². The lowest BCUT2D eigenvalue weighted by Crippen LogP contribution is -2.38. The predicted octanol–water partition coefficient (Wildman–Crippen LogP) is 5.28. The summed E-state index contributed by atoms with van der Waals surface area (Å²) < 4.78 is 0. The second kappa shape index (κ2) is 11.1. The molecule has 2 saturated heterocycles. The van der Waals surface area contributed by atoms with Crippen molar-refractivity contribution in [3.63, 3.8) is 0 Å². The summed E-state index contributed by atoms with van der Waals surface area (Å²) in [7, 11) is 0. The molecule has 2 aliphatic heterocycles. The lowest BCUT2D eigenvalue weighted by molar-refractivity contribution is -0.122. The van der Waals surface area contributed by atoms with Crippen molar-refractivity contribution < 1.29 is 9.59 Å². The molecule has 7 heteroatoms. The van der Waals surface area contributed by atoms with Crippen LogP contribution in [0.2, 0.25) is 5.02 Å². The minimum Gasteiger partial charge on any atom is -0.338 e. The molecule has 198 valence electrons. The number of carbonyl (C=O) groups is 2. The number of halogens is 1. The van der Waals surface area contributed by atoms with Crippen molar-refractivity contribution in [2.24, 2.45) is 17.8 Å². The summed E-state index contributed by atoms with van der Waals surface area (Å²) in [6.45, 7) is 11.3. The highest BCUT2D eigenvalue weighted by Gasteiger charge is 2.42. The fraction of sp³-hybridized carbons (Fsp3) is 0.567. The smallest absolute Gasteiger partial charge is 0.255 e. The molecule has 3 heterocycles. The van der Waals surface area contributed by atoms with Crippen LogP contribution in [0, 0.1) is 38.5 Å². The molecule has 1 aromatic heterocycles. The largest absolute Gasteiger partial charge is 0.338 e. The first kappa shape index (κ1) is 26.2. The number of carbonyl (C=O) groups excluding carboxylic acids is 2. The van der Waals surface area contributed by atoms with Gasteiger partial charge in [-0.25, -0.2) is 0 Å². The Balaban J connectivity index is 1.16. The number of aryl methyl sites for hydroxylation is 3. The van der Waals surface area contributed by atoms with Crippen LogP contribution in [0.25, 0.3) is 0 Å². The van der Waals surface area contributed by atoms with E-state index in [1.165, 1.54) is 0 Å². The van der Waals surface area contributed by atoms with Crippen molar-refractivity contribution in [2.45, 2.75) is 52.9 Å². The van der Waals surface area contributed by atoms with E-state index in [0.29, 0.717) is 23.4 Å². The van der Waals surface area contributed by atoms with Crippen LogP contribution in [-0.4, -0.2) is 65.9 Å². The highest BCUT2D eigenvalue weighted by atomic mass is 35.5. The summed E-state index contributed by atoms with van der Waals surface area (Å²) in [5, 5.41) is 0.713. The summed E-state index contributed by atoms with van der Waals surface area (Å²) in [4.78, 5) is 37.5. The van der Waals surface area contributed by atoms with Gasteiger partial charge in [-0.05, 0) is 87.7 Å². The molecule has 0 spiro atoms. The fourth-order valence-corrected chi connectivity index (χ4v) is 6.75. The number of benzene rings is 1. The minimum absolute atomic E-state index is 0.127. The van der Waals surface area contributed by atoms with Crippen LogP contribution in [0.3, 0.4) is 0 Å². The number of nitrogens with zero attached hydrogens (tertiary/aromatic N) is 4. The summed E-state index contributed by atoms with van der Waals surface area (Å²) >= 11 is 6.43. The number of hydrogen-bond donors (Lipinski definition) is 0. The van der Waals surface area contributed by atoms with E-state index in [0.717, 1.165) is 92.9 Å². The van der Waals surface area contributed by atoms with Crippen LogP contribution in [-0.2, 0) is 4.79 Å². The lowest BCUT2D eigenvalue weighted by Gasteiger charge is -2.28. The van der Waals surface area contributed by atoms with Gasteiger partial charge in [0.05, 0.1) is 11.3 Å². The van der Waals surface area contributed by atoms with E-state index in [4.69, 9.17) is 11.6 Å². The number of rotatable bonds is 7. The average Bonchev–Trinajstić information content (AvgIpc) is 3.60. The van der Waals surface area contributed by atoms with E-state index in [2.05, 4.69) is 9.88 Å². The Labute approximate surface area is 226 Å². The number of pyridine rings is 1. The second-order valence-electron chi connectivity index (χ2n) is 11.3. The van der Waals surface area contributed by atoms with Crippen molar-refractivity contribution >= 4 is 29.1 Å². The molecule has 6 nitrogen and oxygen atoms in total. The number of aromatic nitrogens is 1. The molecule has 0 radical (unpaired) electrons. The molecule has 2 unspecified atom stereocenters. The van der Waals surface area contributed by atoms with Crippen LogP contribution < -0.4 is 4.90 Å². The number of fused-ring (bicyclic) bond motifs is 1. The zero-order chi connectivity index (χ0) is 26.1. The molecule has 1 saturated carbocycles. The maximum atomic E-state index is 13.4. The van der Waals surface area contributed by atoms with E-state index in [-0.39, 0.29) is 17.7 Å². The van der Waals surface area contributed by atoms with Crippen molar-refractivity contribution in [3.8, 4) is 0 Å². The SMILES string of the molecule is Cc1ccc(N(CCCN2CC3CN(C(=O)c4c(C)ccnc4C)CC3C2)C(=O)C2CCCC2)cc1Cl. The standard InChI is InChI=1S/C30H39ClN4O2/c1-20-9-10-26(15-27(20)31)35(29(36)23-7-4-5-8-23)14-6-13-33-16-24-18-34(19-25(24)17-33)30(37)28-21(2)11-12-32-22(28)3/h9-12,15,23-25H,4-8,13-14,16-19H2,1-3H3. The van der Waals surface area contributed by atoms with Gasteiger partial charge in [0.25, 0.3) is 5.91 Å². The van der Waals surface area contributed by atoms with Crippen LogP contribution in [0.1, 0.15) is 59.3 Å². The van der Waals surface area contributed by atoms with Gasteiger partial charge < -0.3 is 14.7 Å². The van der Waals surface area contributed by atoms with Gasteiger partial charge in [0.2, 0.25) is 5.91 Å². The van der Waals surface area contributed by atoms with Crippen LogP contribution in [0.15, 0.2) is 30.5 Å². The maximum Gasteiger partial charge on any atom is 0.255 e. The normalized spacial score (nSPS) is 22.0. The van der Waals surface area contributed by atoms with E-state index >= 15 is 0 Å². The zero-order valence-corrected chi connectivity index (χ0v) is 23.1. The Morgan fingerprint density at radius 1 is 1.00 bits per heavy atom. The number of amides is 2. The average molecular weight is 523 g/mol. The molecule has 5 rings (SSSR count). The Morgan fingerprint density at radius 3 is 2.35 bits per heavy atom. The van der Waals surface area contributed by atoms with Gasteiger partial charge in [0.1, 0.15) is 0 Å². The summed E-state index contributed by atoms with van der Waals surface area (Å²) in [6.07, 6.45) is 6.99. The summed E-state index contributed by atoms with van der Waals surface area (Å²) in [5.41, 5.74) is 4.53. The first-order valence-corrected chi connectivity index (χ1v) is 14.2. The van der Waals surface area contributed by atoms with E-state index < -0.39 is 0 Å². The zero-order valence-electron chi connectivity index (χ0n) is 22.4. The first-order chi connectivity index (χ1) is 17.8. The Hall–Kier alpha value is -2.44. The molecule has 1 aliphatic carbocycles. The molecular weight excluding hydrogens is 484 g/mol. The van der Waals surface area contributed by atoms with Crippen molar-refractivity contribution in [2.75, 3.05) is 44.2 Å². The molecule has 1 aromatic carbocycles. The third-order valence-corrected chi connectivity index (χ3v) is 9.11. The molecular formula is C30H39ClN4O2. The molecule has 2 aromatic rings. The topological polar surface area (TPSA) is 56.8 Å². The molecule has 3 fully saturated rings. The molecule has 3 aliphatic rings. The molecule has 2 amide bonds. The molecule has 37 heavy (non-hydrogen) atoms. The Bertz CT molecular complexity index is 1130. The summed E-state index contributed by atoms with van der Waals surface area (Å²) in [6, 6.07) is 7.91. The number of likely N-dealkylation sites (tertiary alicyclic amines) is 2. The Kier molecular flexibility index (Phi) is 7.87. The van der Waals surface area contributed by atoms with Gasteiger partial charge in [-0.3, -0.25) is 14.6 Å². The predicted molar refractivity (Wildman–Crippen MR) is 148 cm³/mol. The third-order valence-electron chi connectivity index (χ3n) is 8.71. The quantitative estimate of drug-likeness (QED) is 0.496. The molecule has 0 bridgehead atoms. The van der Waals surface area contributed by atoms with Crippen molar-refractivity contribution in [3.05, 3.63) is 57.9 Å². The lowest BCUT2D eigenvalue weighted by atomic mass is 10.0. The van der Waals surface area contributed by atoms with E-state index in [1.807, 2.05) is 54.8 Å². The van der Waals surface area contributed by atoms with E-state index in [9.17, 15) is 9.59 Å². The van der Waals surface area contributed by atoms with Crippen LogP contribution in [0.5, 0.6) is 0 Å². The minimum atomic E-state index is 0.127. The van der Waals surface area contributed by atoms with Crippen molar-refractivity contribution in [1.29, 1.82) is 0 Å².